The first kappa shape index (κ1) is 12.6. The van der Waals surface area contributed by atoms with Crippen LogP contribution < -0.4 is 0 Å². The van der Waals surface area contributed by atoms with E-state index in [0.29, 0.717) is 11.6 Å². The first-order chi connectivity index (χ1) is 7.36. The maximum atomic E-state index is 11.2. The van der Waals surface area contributed by atoms with Crippen molar-refractivity contribution in [2.45, 2.75) is 39.8 Å². The molecule has 0 aliphatic rings. The molecule has 1 rings (SSSR count). The number of aliphatic carboxylic acids is 1. The van der Waals surface area contributed by atoms with E-state index in [1.54, 1.807) is 13.8 Å². The van der Waals surface area contributed by atoms with Crippen LogP contribution in [0.15, 0.2) is 0 Å². The third-order valence-electron chi connectivity index (χ3n) is 2.43. The highest BCUT2D eigenvalue weighted by Gasteiger charge is 2.29. The van der Waals surface area contributed by atoms with Gasteiger partial charge in [0, 0.05) is 0 Å². The summed E-state index contributed by atoms with van der Waals surface area (Å²) in [5.74, 6) is -0.264. The molecule has 0 saturated heterocycles. The minimum Gasteiger partial charge on any atom is -0.480 e. The Bertz CT molecular complexity index is 385. The van der Waals surface area contributed by atoms with E-state index < -0.39 is 18.1 Å². The number of carboxylic acids is 1. The summed E-state index contributed by atoms with van der Waals surface area (Å²) in [4.78, 5) is 11.2. The van der Waals surface area contributed by atoms with Crippen LogP contribution >= 0.6 is 0 Å². The Labute approximate surface area is 93.9 Å². The van der Waals surface area contributed by atoms with E-state index in [1.807, 2.05) is 13.8 Å². The van der Waals surface area contributed by atoms with Crippen molar-refractivity contribution in [3.05, 3.63) is 11.6 Å². The Morgan fingerprint density at radius 3 is 2.25 bits per heavy atom. The summed E-state index contributed by atoms with van der Waals surface area (Å²) in [7, 11) is 0. The minimum atomic E-state index is -0.945. The Balaban J connectivity index is 3.28. The SMILES string of the molecule is Cc1nnc(C(C)O)n1C(C(=O)O)C(C)C. The number of aliphatic hydroxyl groups is 1. The number of hydrogen-bond acceptors (Lipinski definition) is 4. The summed E-state index contributed by atoms with van der Waals surface area (Å²) in [6.07, 6.45) is -0.832. The Kier molecular flexibility index (Phi) is 3.64. The van der Waals surface area contributed by atoms with Crippen LogP contribution in [-0.4, -0.2) is 30.9 Å². The number of aliphatic hydroxyl groups excluding tert-OH is 1. The average molecular weight is 227 g/mol. The minimum absolute atomic E-state index is 0.107. The molecule has 2 atom stereocenters. The van der Waals surface area contributed by atoms with Gasteiger partial charge in [-0.25, -0.2) is 4.79 Å². The molecule has 0 spiro atoms. The second kappa shape index (κ2) is 4.61. The van der Waals surface area contributed by atoms with Gasteiger partial charge in [0.25, 0.3) is 0 Å². The van der Waals surface area contributed by atoms with Gasteiger partial charge in [0.15, 0.2) is 5.82 Å². The van der Waals surface area contributed by atoms with E-state index in [9.17, 15) is 15.0 Å². The number of aryl methyl sites for hydroxylation is 1. The van der Waals surface area contributed by atoms with Gasteiger partial charge in [-0.3, -0.25) is 4.57 Å². The van der Waals surface area contributed by atoms with Crippen molar-refractivity contribution in [1.82, 2.24) is 14.8 Å². The second-order valence-electron chi connectivity index (χ2n) is 4.18. The zero-order valence-electron chi connectivity index (χ0n) is 9.88. The third-order valence-corrected chi connectivity index (χ3v) is 2.43. The normalized spacial score (nSPS) is 15.1. The number of hydrogen-bond donors (Lipinski definition) is 2. The summed E-state index contributed by atoms with van der Waals surface area (Å²) in [6, 6.07) is -0.750. The lowest BCUT2D eigenvalue weighted by Gasteiger charge is -2.21. The lowest BCUT2D eigenvalue weighted by molar-refractivity contribution is -0.142. The zero-order valence-corrected chi connectivity index (χ0v) is 9.88. The highest BCUT2D eigenvalue weighted by atomic mass is 16.4. The molecule has 0 aliphatic carbocycles. The number of rotatable bonds is 4. The predicted molar refractivity (Wildman–Crippen MR) is 56.9 cm³/mol. The lowest BCUT2D eigenvalue weighted by Crippen LogP contribution is -2.27. The first-order valence-electron chi connectivity index (χ1n) is 5.18. The molecule has 6 nitrogen and oxygen atoms in total. The van der Waals surface area contributed by atoms with Gasteiger partial charge in [0.05, 0.1) is 0 Å². The smallest absolute Gasteiger partial charge is 0.327 e. The maximum Gasteiger partial charge on any atom is 0.327 e. The van der Waals surface area contributed by atoms with Crippen molar-refractivity contribution in [1.29, 1.82) is 0 Å². The molecule has 16 heavy (non-hydrogen) atoms. The van der Waals surface area contributed by atoms with Crippen molar-refractivity contribution in [2.75, 3.05) is 0 Å². The zero-order chi connectivity index (χ0) is 12.5. The van der Waals surface area contributed by atoms with E-state index in [-0.39, 0.29) is 5.92 Å². The predicted octanol–water partition coefficient (Wildman–Crippen LogP) is 0.922. The fourth-order valence-electron chi connectivity index (χ4n) is 1.71. The monoisotopic (exact) mass is 227 g/mol. The van der Waals surface area contributed by atoms with E-state index in [2.05, 4.69) is 10.2 Å². The summed E-state index contributed by atoms with van der Waals surface area (Å²) in [5, 5.41) is 26.3. The summed E-state index contributed by atoms with van der Waals surface area (Å²) in [5.41, 5.74) is 0. The highest BCUT2D eigenvalue weighted by molar-refractivity contribution is 5.72. The molecular formula is C10H17N3O3. The van der Waals surface area contributed by atoms with Gasteiger partial charge in [-0.15, -0.1) is 10.2 Å². The Morgan fingerprint density at radius 2 is 1.88 bits per heavy atom. The number of carbonyl (C=O) groups is 1. The van der Waals surface area contributed by atoms with Gasteiger partial charge < -0.3 is 10.2 Å². The second-order valence-corrected chi connectivity index (χ2v) is 4.18. The fourth-order valence-corrected chi connectivity index (χ4v) is 1.71. The van der Waals surface area contributed by atoms with Crippen LogP contribution in [0, 0.1) is 12.8 Å². The molecule has 0 saturated carbocycles. The van der Waals surface area contributed by atoms with Gasteiger partial charge in [0.1, 0.15) is 18.0 Å². The van der Waals surface area contributed by atoms with Gasteiger partial charge >= 0.3 is 5.97 Å². The van der Waals surface area contributed by atoms with E-state index in [4.69, 9.17) is 0 Å². The maximum absolute atomic E-state index is 11.2. The molecule has 0 radical (unpaired) electrons. The van der Waals surface area contributed by atoms with Crippen molar-refractivity contribution in [3.63, 3.8) is 0 Å². The molecule has 2 N–H and O–H groups in total. The molecule has 0 aliphatic heterocycles. The van der Waals surface area contributed by atoms with Crippen molar-refractivity contribution in [3.8, 4) is 0 Å². The van der Waals surface area contributed by atoms with Crippen molar-refractivity contribution >= 4 is 5.97 Å². The summed E-state index contributed by atoms with van der Waals surface area (Å²) < 4.78 is 1.48. The number of aromatic nitrogens is 3. The fraction of sp³-hybridized carbons (Fsp3) is 0.700. The van der Waals surface area contributed by atoms with Gasteiger partial charge in [-0.2, -0.15) is 0 Å². The first-order valence-corrected chi connectivity index (χ1v) is 5.18. The molecule has 0 bridgehead atoms. The molecule has 1 heterocycles. The van der Waals surface area contributed by atoms with E-state index in [0.717, 1.165) is 0 Å². The molecular weight excluding hydrogens is 210 g/mol. The Hall–Kier alpha value is -1.43. The van der Waals surface area contributed by atoms with Gasteiger partial charge in [0.2, 0.25) is 0 Å². The average Bonchev–Trinajstić information content (AvgIpc) is 2.47. The quantitative estimate of drug-likeness (QED) is 0.798. The summed E-state index contributed by atoms with van der Waals surface area (Å²) >= 11 is 0. The van der Waals surface area contributed by atoms with E-state index >= 15 is 0 Å². The van der Waals surface area contributed by atoms with Crippen LogP contribution in [0.4, 0.5) is 0 Å². The highest BCUT2D eigenvalue weighted by Crippen LogP contribution is 2.23. The van der Waals surface area contributed by atoms with E-state index in [1.165, 1.54) is 4.57 Å². The van der Waals surface area contributed by atoms with Gasteiger partial charge in [-0.05, 0) is 19.8 Å². The van der Waals surface area contributed by atoms with Crippen LogP contribution in [0.3, 0.4) is 0 Å². The molecule has 2 unspecified atom stereocenters. The van der Waals surface area contributed by atoms with Crippen molar-refractivity contribution in [2.24, 2.45) is 5.92 Å². The molecule has 1 aromatic heterocycles. The van der Waals surface area contributed by atoms with Crippen LogP contribution in [0.25, 0.3) is 0 Å². The summed E-state index contributed by atoms with van der Waals surface area (Å²) in [6.45, 7) is 6.84. The van der Waals surface area contributed by atoms with Crippen molar-refractivity contribution < 1.29 is 15.0 Å². The molecule has 90 valence electrons. The molecule has 0 amide bonds. The number of carboxylic acid groups (broad SMARTS) is 1. The standard InChI is InChI=1S/C10H17N3O3/c1-5(2)8(10(15)16)13-7(4)11-12-9(13)6(3)14/h5-6,8,14H,1-4H3,(H,15,16). The Morgan fingerprint density at radius 1 is 1.31 bits per heavy atom. The number of nitrogens with zero attached hydrogens (tertiary/aromatic N) is 3. The molecule has 1 aromatic rings. The lowest BCUT2D eigenvalue weighted by atomic mass is 10.0. The van der Waals surface area contributed by atoms with Crippen LogP contribution in [-0.2, 0) is 4.79 Å². The topological polar surface area (TPSA) is 88.2 Å². The van der Waals surface area contributed by atoms with Gasteiger partial charge in [-0.1, -0.05) is 13.8 Å². The molecule has 0 fully saturated rings. The molecule has 6 heteroatoms. The third kappa shape index (κ3) is 2.21. The van der Waals surface area contributed by atoms with Crippen LogP contribution in [0.2, 0.25) is 0 Å². The molecule has 0 aromatic carbocycles. The largest absolute Gasteiger partial charge is 0.480 e. The van der Waals surface area contributed by atoms with Crippen LogP contribution in [0.5, 0.6) is 0 Å². The van der Waals surface area contributed by atoms with Crippen LogP contribution in [0.1, 0.15) is 44.6 Å².